The third-order valence-electron chi connectivity index (χ3n) is 3.20. The third-order valence-corrected chi connectivity index (χ3v) is 3.63. The van der Waals surface area contributed by atoms with Crippen LogP contribution in [0.4, 0.5) is 11.4 Å². The van der Waals surface area contributed by atoms with E-state index in [0.29, 0.717) is 22.0 Å². The summed E-state index contributed by atoms with van der Waals surface area (Å²) >= 11 is 5.95. The van der Waals surface area contributed by atoms with Crippen LogP contribution in [-0.2, 0) is 6.42 Å². The van der Waals surface area contributed by atoms with Crippen LogP contribution in [0.3, 0.4) is 0 Å². The number of amides is 1. The Labute approximate surface area is 123 Å². The summed E-state index contributed by atoms with van der Waals surface area (Å²) in [6.45, 7) is 3.91. The Kier molecular flexibility index (Phi) is 4.30. The van der Waals surface area contributed by atoms with Gasteiger partial charge in [-0.25, -0.2) is 0 Å². The van der Waals surface area contributed by atoms with Gasteiger partial charge in [0.25, 0.3) is 5.91 Å². The summed E-state index contributed by atoms with van der Waals surface area (Å²) in [7, 11) is 0. The van der Waals surface area contributed by atoms with E-state index in [1.165, 1.54) is 0 Å². The number of carbonyl (C=O) groups excluding carboxylic acids is 1. The van der Waals surface area contributed by atoms with E-state index in [2.05, 4.69) is 5.32 Å². The maximum atomic E-state index is 12.1. The molecule has 0 aliphatic rings. The highest BCUT2D eigenvalue weighted by atomic mass is 35.5. The summed E-state index contributed by atoms with van der Waals surface area (Å²) < 4.78 is 0. The lowest BCUT2D eigenvalue weighted by Crippen LogP contribution is -2.12. The van der Waals surface area contributed by atoms with Crippen LogP contribution in [0.1, 0.15) is 28.4 Å². The minimum absolute atomic E-state index is 0.173. The van der Waals surface area contributed by atoms with Crippen molar-refractivity contribution in [2.45, 2.75) is 20.3 Å². The van der Waals surface area contributed by atoms with Crippen molar-refractivity contribution >= 4 is 28.9 Å². The first-order valence-electron chi connectivity index (χ1n) is 6.47. The topological polar surface area (TPSA) is 55.1 Å². The third kappa shape index (κ3) is 3.11. The first-order chi connectivity index (χ1) is 9.51. The van der Waals surface area contributed by atoms with Gasteiger partial charge < -0.3 is 11.1 Å². The zero-order chi connectivity index (χ0) is 14.7. The van der Waals surface area contributed by atoms with Crippen LogP contribution in [0, 0.1) is 6.92 Å². The van der Waals surface area contributed by atoms with Crippen LogP contribution in [0.5, 0.6) is 0 Å². The first kappa shape index (κ1) is 14.4. The number of carbonyl (C=O) groups is 1. The number of hydrogen-bond donors (Lipinski definition) is 2. The lowest BCUT2D eigenvalue weighted by atomic mass is 10.1. The molecule has 0 saturated carbocycles. The maximum Gasteiger partial charge on any atom is 0.255 e. The molecule has 0 aliphatic heterocycles. The molecule has 0 spiro atoms. The van der Waals surface area contributed by atoms with E-state index in [0.717, 1.165) is 17.5 Å². The average molecular weight is 289 g/mol. The predicted molar refractivity (Wildman–Crippen MR) is 84.4 cm³/mol. The van der Waals surface area contributed by atoms with Gasteiger partial charge in [-0.05, 0) is 54.8 Å². The monoisotopic (exact) mass is 288 g/mol. The van der Waals surface area contributed by atoms with Gasteiger partial charge in [-0.1, -0.05) is 24.6 Å². The summed E-state index contributed by atoms with van der Waals surface area (Å²) in [5, 5.41) is 3.49. The maximum absolute atomic E-state index is 12.1. The zero-order valence-electron chi connectivity index (χ0n) is 11.5. The molecule has 0 aliphatic carbocycles. The smallest absolute Gasteiger partial charge is 0.255 e. The number of rotatable bonds is 3. The van der Waals surface area contributed by atoms with Crippen molar-refractivity contribution in [3.8, 4) is 0 Å². The Bertz CT molecular complexity index is 653. The Morgan fingerprint density at radius 1 is 1.25 bits per heavy atom. The molecular weight excluding hydrogens is 272 g/mol. The first-order valence-corrected chi connectivity index (χ1v) is 6.85. The molecule has 3 N–H and O–H groups in total. The summed E-state index contributed by atoms with van der Waals surface area (Å²) in [6, 6.07) is 10.8. The fourth-order valence-electron chi connectivity index (χ4n) is 1.98. The number of halogens is 1. The summed E-state index contributed by atoms with van der Waals surface area (Å²) in [5.74, 6) is -0.173. The molecule has 0 unspecified atom stereocenters. The molecule has 0 aromatic heterocycles. The van der Waals surface area contributed by atoms with E-state index in [1.54, 1.807) is 24.3 Å². The lowest BCUT2D eigenvalue weighted by Gasteiger charge is -2.09. The molecule has 2 aromatic rings. The summed E-state index contributed by atoms with van der Waals surface area (Å²) in [5.41, 5.74) is 9.83. The second-order valence-electron chi connectivity index (χ2n) is 4.69. The standard InChI is InChI=1S/C16H17ClN2O/c1-3-11-4-6-13(9-15(11)18)19-16(20)12-5-7-14(17)10(2)8-12/h4-9H,3,18H2,1-2H3,(H,19,20). The lowest BCUT2D eigenvalue weighted by molar-refractivity contribution is 0.102. The Hall–Kier alpha value is -2.00. The molecule has 1 amide bonds. The highest BCUT2D eigenvalue weighted by molar-refractivity contribution is 6.31. The van der Waals surface area contributed by atoms with E-state index in [9.17, 15) is 4.79 Å². The minimum atomic E-state index is -0.173. The van der Waals surface area contributed by atoms with Crippen LogP contribution >= 0.6 is 11.6 Å². The Balaban J connectivity index is 2.19. The van der Waals surface area contributed by atoms with Crippen molar-refractivity contribution in [3.63, 3.8) is 0 Å². The van der Waals surface area contributed by atoms with Crippen molar-refractivity contribution in [2.24, 2.45) is 0 Å². The minimum Gasteiger partial charge on any atom is -0.398 e. The van der Waals surface area contributed by atoms with Crippen LogP contribution < -0.4 is 11.1 Å². The van der Waals surface area contributed by atoms with Gasteiger partial charge in [-0.2, -0.15) is 0 Å². The number of nitrogens with two attached hydrogens (primary N) is 1. The molecule has 0 bridgehead atoms. The van der Waals surface area contributed by atoms with E-state index >= 15 is 0 Å². The molecule has 0 atom stereocenters. The number of aryl methyl sites for hydroxylation is 2. The Morgan fingerprint density at radius 3 is 2.60 bits per heavy atom. The summed E-state index contributed by atoms with van der Waals surface area (Å²) in [6.07, 6.45) is 0.871. The van der Waals surface area contributed by atoms with Gasteiger partial charge in [0, 0.05) is 22.0 Å². The Morgan fingerprint density at radius 2 is 2.00 bits per heavy atom. The quantitative estimate of drug-likeness (QED) is 0.837. The number of anilines is 2. The van der Waals surface area contributed by atoms with Gasteiger partial charge in [0.15, 0.2) is 0 Å². The molecule has 0 fully saturated rings. The van der Waals surface area contributed by atoms with Crippen LogP contribution in [-0.4, -0.2) is 5.91 Å². The number of benzene rings is 2. The molecule has 2 rings (SSSR count). The molecule has 104 valence electrons. The molecule has 0 saturated heterocycles. The number of nitrogens with one attached hydrogen (secondary N) is 1. The van der Waals surface area contributed by atoms with E-state index < -0.39 is 0 Å². The van der Waals surface area contributed by atoms with Crippen molar-refractivity contribution in [1.29, 1.82) is 0 Å². The van der Waals surface area contributed by atoms with E-state index in [4.69, 9.17) is 17.3 Å². The second kappa shape index (κ2) is 5.97. The highest BCUT2D eigenvalue weighted by Crippen LogP contribution is 2.20. The average Bonchev–Trinajstić information content (AvgIpc) is 2.42. The molecule has 3 nitrogen and oxygen atoms in total. The van der Waals surface area contributed by atoms with Crippen LogP contribution in [0.25, 0.3) is 0 Å². The normalized spacial score (nSPS) is 10.3. The van der Waals surface area contributed by atoms with Gasteiger partial charge in [0.2, 0.25) is 0 Å². The SMILES string of the molecule is CCc1ccc(NC(=O)c2ccc(Cl)c(C)c2)cc1N. The van der Waals surface area contributed by atoms with Gasteiger partial charge in [-0.3, -0.25) is 4.79 Å². The second-order valence-corrected chi connectivity index (χ2v) is 5.09. The fraction of sp³-hybridized carbons (Fsp3) is 0.188. The molecular formula is C16H17ClN2O. The van der Waals surface area contributed by atoms with E-state index in [-0.39, 0.29) is 5.91 Å². The van der Waals surface area contributed by atoms with Crippen LogP contribution in [0.2, 0.25) is 5.02 Å². The number of hydrogen-bond acceptors (Lipinski definition) is 2. The van der Waals surface area contributed by atoms with Gasteiger partial charge in [-0.15, -0.1) is 0 Å². The van der Waals surface area contributed by atoms with Crippen molar-refractivity contribution < 1.29 is 4.79 Å². The molecule has 0 heterocycles. The highest BCUT2D eigenvalue weighted by Gasteiger charge is 2.08. The fourth-order valence-corrected chi connectivity index (χ4v) is 2.10. The number of nitrogen functional groups attached to an aromatic ring is 1. The molecule has 2 aromatic carbocycles. The summed E-state index contributed by atoms with van der Waals surface area (Å²) in [4.78, 5) is 12.1. The van der Waals surface area contributed by atoms with E-state index in [1.807, 2.05) is 26.0 Å². The van der Waals surface area contributed by atoms with Crippen molar-refractivity contribution in [3.05, 3.63) is 58.1 Å². The van der Waals surface area contributed by atoms with Crippen molar-refractivity contribution in [1.82, 2.24) is 0 Å². The van der Waals surface area contributed by atoms with Crippen LogP contribution in [0.15, 0.2) is 36.4 Å². The molecule has 0 radical (unpaired) electrons. The zero-order valence-corrected chi connectivity index (χ0v) is 12.3. The van der Waals surface area contributed by atoms with Gasteiger partial charge >= 0.3 is 0 Å². The van der Waals surface area contributed by atoms with Gasteiger partial charge in [0.1, 0.15) is 0 Å². The predicted octanol–water partition coefficient (Wildman–Crippen LogP) is 4.05. The largest absolute Gasteiger partial charge is 0.398 e. The van der Waals surface area contributed by atoms with Gasteiger partial charge in [0.05, 0.1) is 0 Å². The molecule has 20 heavy (non-hydrogen) atoms. The molecule has 4 heteroatoms. The van der Waals surface area contributed by atoms with Crippen molar-refractivity contribution in [2.75, 3.05) is 11.1 Å².